The number of aromatic nitrogens is 3. The summed E-state index contributed by atoms with van der Waals surface area (Å²) in [5.41, 5.74) is -1.17. The molecule has 1 aliphatic carbocycles. The van der Waals surface area contributed by atoms with Gasteiger partial charge in [0.05, 0.1) is 11.9 Å². The van der Waals surface area contributed by atoms with Gasteiger partial charge in [0.15, 0.2) is 5.69 Å². The number of amides is 1. The smallest absolute Gasteiger partial charge is 0.358 e. The van der Waals surface area contributed by atoms with Crippen molar-refractivity contribution in [2.45, 2.75) is 19.3 Å². The average Bonchev–Trinajstić information content (AvgIpc) is 2.87. The number of rotatable bonds is 4. The van der Waals surface area contributed by atoms with E-state index < -0.39 is 29.6 Å². The van der Waals surface area contributed by atoms with Gasteiger partial charge in [0.1, 0.15) is 5.41 Å². The van der Waals surface area contributed by atoms with E-state index in [1.807, 2.05) is 0 Å². The first-order valence-corrected chi connectivity index (χ1v) is 6.68. The summed E-state index contributed by atoms with van der Waals surface area (Å²) in [5.74, 6) is -4.97. The number of carboxylic acids is 1. The van der Waals surface area contributed by atoms with Crippen molar-refractivity contribution in [3.8, 4) is 5.69 Å². The molecular weight excluding hydrogens is 310 g/mol. The molecule has 0 aliphatic heterocycles. The number of benzene rings is 1. The van der Waals surface area contributed by atoms with Gasteiger partial charge in [-0.05, 0) is 25.1 Å². The number of anilines is 1. The second-order valence-electron chi connectivity index (χ2n) is 5.57. The van der Waals surface area contributed by atoms with Crippen LogP contribution in [-0.2, 0) is 4.79 Å². The van der Waals surface area contributed by atoms with E-state index in [1.165, 1.54) is 23.9 Å². The van der Waals surface area contributed by atoms with Crippen molar-refractivity contribution in [1.29, 1.82) is 0 Å². The highest BCUT2D eigenvalue weighted by Gasteiger charge is 2.72. The highest BCUT2D eigenvalue weighted by Crippen LogP contribution is 2.60. The molecule has 0 radical (unpaired) electrons. The van der Waals surface area contributed by atoms with Gasteiger partial charge in [-0.15, -0.1) is 5.10 Å². The van der Waals surface area contributed by atoms with E-state index in [-0.39, 0.29) is 5.69 Å². The van der Waals surface area contributed by atoms with Crippen LogP contribution in [0.1, 0.15) is 23.8 Å². The van der Waals surface area contributed by atoms with Gasteiger partial charge in [0.2, 0.25) is 5.91 Å². The SMILES string of the molecule is CC1(C(=O)Nc2cccc(-n3cc(C(=O)O)nn3)c2)CC1(F)F. The highest BCUT2D eigenvalue weighted by atomic mass is 19.3. The molecular formula is C14H12F2N4O3. The minimum Gasteiger partial charge on any atom is -0.476 e. The molecule has 2 aromatic rings. The number of halogens is 2. The van der Waals surface area contributed by atoms with Crippen molar-refractivity contribution in [2.75, 3.05) is 5.32 Å². The molecule has 1 amide bonds. The number of hydrogen-bond donors (Lipinski definition) is 2. The maximum Gasteiger partial charge on any atom is 0.358 e. The molecule has 1 fully saturated rings. The van der Waals surface area contributed by atoms with Crippen LogP contribution in [0.15, 0.2) is 30.5 Å². The second kappa shape index (κ2) is 4.83. The van der Waals surface area contributed by atoms with Crippen molar-refractivity contribution in [3.63, 3.8) is 0 Å². The lowest BCUT2D eigenvalue weighted by atomic mass is 10.1. The predicted molar refractivity (Wildman–Crippen MR) is 74.6 cm³/mol. The Bertz CT molecular complexity index is 805. The normalized spacial score (nSPS) is 21.7. The fourth-order valence-corrected chi connectivity index (χ4v) is 2.13. The van der Waals surface area contributed by atoms with Crippen LogP contribution in [0, 0.1) is 5.41 Å². The molecule has 9 heteroatoms. The molecule has 1 aromatic carbocycles. The monoisotopic (exact) mass is 322 g/mol. The molecule has 1 saturated carbocycles. The first-order valence-electron chi connectivity index (χ1n) is 6.68. The zero-order valence-electron chi connectivity index (χ0n) is 12.0. The molecule has 0 spiro atoms. The van der Waals surface area contributed by atoms with Gasteiger partial charge in [-0.25, -0.2) is 18.3 Å². The fourth-order valence-electron chi connectivity index (χ4n) is 2.13. The van der Waals surface area contributed by atoms with Crippen LogP contribution in [0.4, 0.5) is 14.5 Å². The summed E-state index contributed by atoms with van der Waals surface area (Å²) in [7, 11) is 0. The molecule has 1 aliphatic rings. The number of nitrogens with zero attached hydrogens (tertiary/aromatic N) is 3. The number of alkyl halides is 2. The van der Waals surface area contributed by atoms with Gasteiger partial charge >= 0.3 is 5.97 Å². The average molecular weight is 322 g/mol. The highest BCUT2D eigenvalue weighted by molar-refractivity contribution is 5.98. The largest absolute Gasteiger partial charge is 0.476 e. The maximum absolute atomic E-state index is 13.2. The minimum atomic E-state index is -2.99. The summed E-state index contributed by atoms with van der Waals surface area (Å²) in [6.07, 6.45) is 0.732. The Morgan fingerprint density at radius 2 is 2.09 bits per heavy atom. The van der Waals surface area contributed by atoms with Crippen LogP contribution < -0.4 is 5.32 Å². The van der Waals surface area contributed by atoms with Crippen molar-refractivity contribution in [1.82, 2.24) is 15.0 Å². The lowest BCUT2D eigenvalue weighted by Gasteiger charge is -2.12. The Kier molecular flexibility index (Phi) is 3.17. The van der Waals surface area contributed by atoms with Gasteiger partial charge in [0.25, 0.3) is 5.92 Å². The minimum absolute atomic E-state index is 0.232. The lowest BCUT2D eigenvalue weighted by molar-refractivity contribution is -0.123. The molecule has 1 heterocycles. The summed E-state index contributed by atoms with van der Waals surface area (Å²) < 4.78 is 27.7. The van der Waals surface area contributed by atoms with Crippen molar-refractivity contribution >= 4 is 17.6 Å². The first kappa shape index (κ1) is 15.1. The van der Waals surface area contributed by atoms with Crippen LogP contribution in [0.5, 0.6) is 0 Å². The van der Waals surface area contributed by atoms with Crippen LogP contribution in [0.2, 0.25) is 0 Å². The summed E-state index contributed by atoms with van der Waals surface area (Å²) >= 11 is 0. The molecule has 1 atom stereocenters. The van der Waals surface area contributed by atoms with Crippen molar-refractivity contribution in [2.24, 2.45) is 5.41 Å². The summed E-state index contributed by atoms with van der Waals surface area (Å²) in [5, 5.41) is 18.4. The third-order valence-electron chi connectivity index (χ3n) is 3.84. The van der Waals surface area contributed by atoms with Gasteiger partial charge in [0, 0.05) is 12.1 Å². The number of hydrogen-bond acceptors (Lipinski definition) is 4. The van der Waals surface area contributed by atoms with E-state index in [0.29, 0.717) is 11.4 Å². The number of nitrogens with one attached hydrogen (secondary N) is 1. The Labute approximate surface area is 128 Å². The first-order chi connectivity index (χ1) is 10.7. The van der Waals surface area contributed by atoms with E-state index in [2.05, 4.69) is 15.6 Å². The van der Waals surface area contributed by atoms with Gasteiger partial charge in [-0.3, -0.25) is 4.79 Å². The zero-order chi connectivity index (χ0) is 16.8. The number of aromatic carboxylic acids is 1. The Balaban J connectivity index is 1.80. The van der Waals surface area contributed by atoms with Gasteiger partial charge in [-0.1, -0.05) is 11.3 Å². The molecule has 0 bridgehead atoms. The van der Waals surface area contributed by atoms with E-state index in [4.69, 9.17) is 5.11 Å². The maximum atomic E-state index is 13.2. The predicted octanol–water partition coefficient (Wildman–Crippen LogP) is 1.95. The van der Waals surface area contributed by atoms with Crippen molar-refractivity contribution in [3.05, 3.63) is 36.2 Å². The molecule has 2 N–H and O–H groups in total. The Hall–Kier alpha value is -2.84. The lowest BCUT2D eigenvalue weighted by Crippen LogP contribution is -2.26. The Morgan fingerprint density at radius 1 is 1.39 bits per heavy atom. The van der Waals surface area contributed by atoms with Gasteiger partial charge < -0.3 is 10.4 Å². The van der Waals surface area contributed by atoms with Crippen molar-refractivity contribution < 1.29 is 23.5 Å². The topological polar surface area (TPSA) is 97.1 Å². The third kappa shape index (κ3) is 2.54. The van der Waals surface area contributed by atoms with Crippen LogP contribution in [-0.4, -0.2) is 37.9 Å². The summed E-state index contributed by atoms with van der Waals surface area (Å²) in [4.78, 5) is 22.7. The summed E-state index contributed by atoms with van der Waals surface area (Å²) in [6.45, 7) is 1.21. The zero-order valence-corrected chi connectivity index (χ0v) is 12.0. The van der Waals surface area contributed by atoms with E-state index in [9.17, 15) is 18.4 Å². The standard InChI is InChI=1S/C14H12F2N4O3/c1-13(7-14(13,15)16)12(23)17-8-3-2-4-9(5-8)20-6-10(11(21)22)18-19-20/h2-6H,7H2,1H3,(H,17,23)(H,21,22). The van der Waals surface area contributed by atoms with Crippen LogP contribution in [0.25, 0.3) is 5.69 Å². The second-order valence-corrected chi connectivity index (χ2v) is 5.57. The molecule has 1 unspecified atom stereocenters. The summed E-state index contributed by atoms with van der Waals surface area (Å²) in [6, 6.07) is 6.23. The molecule has 120 valence electrons. The van der Waals surface area contributed by atoms with E-state index in [0.717, 1.165) is 0 Å². The fraction of sp³-hybridized carbons (Fsp3) is 0.286. The molecule has 23 heavy (non-hydrogen) atoms. The van der Waals surface area contributed by atoms with Crippen LogP contribution >= 0.6 is 0 Å². The number of carbonyl (C=O) groups excluding carboxylic acids is 1. The third-order valence-corrected chi connectivity index (χ3v) is 3.84. The van der Waals surface area contributed by atoms with Crippen LogP contribution in [0.3, 0.4) is 0 Å². The molecule has 1 aromatic heterocycles. The molecule has 0 saturated heterocycles. The van der Waals surface area contributed by atoms with E-state index >= 15 is 0 Å². The molecule has 3 rings (SSSR count). The Morgan fingerprint density at radius 3 is 2.65 bits per heavy atom. The molecule has 7 nitrogen and oxygen atoms in total. The quantitative estimate of drug-likeness (QED) is 0.896. The van der Waals surface area contributed by atoms with E-state index in [1.54, 1.807) is 18.2 Å². The van der Waals surface area contributed by atoms with Gasteiger partial charge in [-0.2, -0.15) is 0 Å². The number of carbonyl (C=O) groups is 2. The number of carboxylic acid groups (broad SMARTS) is 1.